The first-order chi connectivity index (χ1) is 9.81. The lowest BCUT2D eigenvalue weighted by Crippen LogP contribution is -2.47. The molecule has 1 N–H and O–H groups in total. The summed E-state index contributed by atoms with van der Waals surface area (Å²) in [6, 6.07) is 13.1. The maximum absolute atomic E-state index is 14.5. The third-order valence-electron chi connectivity index (χ3n) is 3.64. The summed E-state index contributed by atoms with van der Waals surface area (Å²) in [4.78, 5) is 0. The monoisotopic (exact) mass is 354 g/mol. The van der Waals surface area contributed by atoms with E-state index in [1.54, 1.807) is 48.5 Å². The fraction of sp³-hybridized carbons (Fsp3) is 0.294. The van der Waals surface area contributed by atoms with E-state index in [9.17, 15) is 13.9 Å². The minimum atomic E-state index is -3.34. The maximum Gasteiger partial charge on any atom is 0.293 e. The van der Waals surface area contributed by atoms with Gasteiger partial charge < -0.3 is 5.11 Å². The highest BCUT2D eigenvalue weighted by atomic mass is 79.9. The van der Waals surface area contributed by atoms with Crippen molar-refractivity contribution >= 4 is 15.9 Å². The molecule has 0 aromatic heterocycles. The fourth-order valence-corrected chi connectivity index (χ4v) is 2.68. The van der Waals surface area contributed by atoms with E-state index in [4.69, 9.17) is 0 Å². The lowest BCUT2D eigenvalue weighted by atomic mass is 9.81. The quantitative estimate of drug-likeness (QED) is 0.797. The van der Waals surface area contributed by atoms with Crippen molar-refractivity contribution in [2.24, 2.45) is 0 Å². The van der Waals surface area contributed by atoms with E-state index in [1.807, 2.05) is 13.8 Å². The van der Waals surface area contributed by atoms with Crippen molar-refractivity contribution in [1.82, 2.24) is 0 Å². The van der Waals surface area contributed by atoms with Gasteiger partial charge >= 0.3 is 0 Å². The molecule has 0 heterocycles. The van der Waals surface area contributed by atoms with Gasteiger partial charge in [-0.3, -0.25) is 0 Å². The van der Waals surface area contributed by atoms with E-state index >= 15 is 0 Å². The molecular formula is C17H17BrF2O. The van der Waals surface area contributed by atoms with Gasteiger partial charge in [-0.2, -0.15) is 0 Å². The van der Waals surface area contributed by atoms with Gasteiger partial charge in [-0.1, -0.05) is 75.6 Å². The fourth-order valence-electron chi connectivity index (χ4n) is 2.28. The molecule has 0 radical (unpaired) electrons. The maximum atomic E-state index is 14.5. The molecule has 0 saturated heterocycles. The molecular weight excluding hydrogens is 338 g/mol. The van der Waals surface area contributed by atoms with E-state index in [2.05, 4.69) is 15.9 Å². The van der Waals surface area contributed by atoms with Gasteiger partial charge in [0.05, 0.1) is 5.33 Å². The lowest BCUT2D eigenvalue weighted by Gasteiger charge is -2.36. The highest BCUT2D eigenvalue weighted by Crippen LogP contribution is 2.44. The number of aryl methyl sites for hydroxylation is 2. The zero-order valence-electron chi connectivity index (χ0n) is 11.9. The molecule has 0 aliphatic heterocycles. The van der Waals surface area contributed by atoms with Crippen LogP contribution in [0.1, 0.15) is 22.3 Å². The normalized spacial score (nSPS) is 12.5. The Bertz CT molecular complexity index is 560. The highest BCUT2D eigenvalue weighted by Gasteiger charge is 2.54. The van der Waals surface area contributed by atoms with Crippen LogP contribution in [0.3, 0.4) is 0 Å². The summed E-state index contributed by atoms with van der Waals surface area (Å²) in [5.41, 5.74) is -0.0973. The van der Waals surface area contributed by atoms with Crippen LogP contribution in [0, 0.1) is 13.8 Å². The standard InChI is InChI=1S/C17H17BrF2O/c1-12-3-7-14(8-4-12)17(21,16(19,20)11-18)15-9-5-13(2)6-10-15/h3-10,21H,11H2,1-2H3. The molecule has 0 fully saturated rings. The molecule has 0 unspecified atom stereocenters. The Morgan fingerprint density at radius 3 is 1.48 bits per heavy atom. The van der Waals surface area contributed by atoms with Gasteiger partial charge in [0.15, 0.2) is 5.60 Å². The average molecular weight is 355 g/mol. The second kappa shape index (κ2) is 5.85. The number of benzene rings is 2. The first kappa shape index (κ1) is 16.1. The third-order valence-corrected chi connectivity index (χ3v) is 4.34. The van der Waals surface area contributed by atoms with Crippen LogP contribution in [0.25, 0.3) is 0 Å². The van der Waals surface area contributed by atoms with Crippen LogP contribution in [-0.4, -0.2) is 16.4 Å². The molecule has 0 amide bonds. The predicted molar refractivity (Wildman–Crippen MR) is 84.1 cm³/mol. The van der Waals surface area contributed by atoms with Gasteiger partial charge in [0.1, 0.15) is 0 Å². The Balaban J connectivity index is 2.65. The number of rotatable bonds is 4. The smallest absolute Gasteiger partial charge is 0.293 e. The summed E-state index contributed by atoms with van der Waals surface area (Å²) in [5.74, 6) is -3.34. The van der Waals surface area contributed by atoms with Crippen LogP contribution in [0.4, 0.5) is 8.78 Å². The topological polar surface area (TPSA) is 20.2 Å². The minimum absolute atomic E-state index is 0.182. The molecule has 2 aromatic carbocycles. The average Bonchev–Trinajstić information content (AvgIpc) is 2.47. The number of halogens is 3. The van der Waals surface area contributed by atoms with Crippen molar-refractivity contribution in [1.29, 1.82) is 0 Å². The zero-order valence-corrected chi connectivity index (χ0v) is 13.5. The number of aliphatic hydroxyl groups is 1. The van der Waals surface area contributed by atoms with E-state index in [1.165, 1.54) is 0 Å². The molecule has 0 spiro atoms. The van der Waals surface area contributed by atoms with Gasteiger partial charge in [0.2, 0.25) is 0 Å². The SMILES string of the molecule is Cc1ccc(C(O)(c2ccc(C)cc2)C(F)(F)CBr)cc1. The molecule has 112 valence electrons. The van der Waals surface area contributed by atoms with Crippen molar-refractivity contribution in [3.8, 4) is 0 Å². The summed E-state index contributed by atoms with van der Waals surface area (Å²) in [7, 11) is 0. The summed E-state index contributed by atoms with van der Waals surface area (Å²) in [5, 5.41) is 10.3. The molecule has 0 aliphatic rings. The van der Waals surface area contributed by atoms with Crippen molar-refractivity contribution in [2.75, 3.05) is 5.33 Å². The molecule has 1 nitrogen and oxygen atoms in total. The first-order valence-electron chi connectivity index (χ1n) is 6.62. The second-order valence-corrected chi connectivity index (χ2v) is 5.84. The highest BCUT2D eigenvalue weighted by molar-refractivity contribution is 9.09. The van der Waals surface area contributed by atoms with Gasteiger partial charge in [0, 0.05) is 0 Å². The summed E-state index contributed by atoms with van der Waals surface area (Å²) < 4.78 is 29.0. The zero-order chi connectivity index (χ0) is 15.7. The summed E-state index contributed by atoms with van der Waals surface area (Å²) in [6.45, 7) is 3.74. The Morgan fingerprint density at radius 1 is 0.857 bits per heavy atom. The number of hydrogen-bond acceptors (Lipinski definition) is 1. The van der Waals surface area contributed by atoms with Crippen molar-refractivity contribution in [3.05, 3.63) is 70.8 Å². The van der Waals surface area contributed by atoms with Crippen LogP contribution in [0.2, 0.25) is 0 Å². The van der Waals surface area contributed by atoms with E-state index in [0.717, 1.165) is 11.1 Å². The Labute approximate surface area is 131 Å². The number of hydrogen-bond donors (Lipinski definition) is 1. The van der Waals surface area contributed by atoms with Crippen LogP contribution in [0.5, 0.6) is 0 Å². The molecule has 0 saturated carbocycles. The molecule has 0 aliphatic carbocycles. The Morgan fingerprint density at radius 2 is 1.19 bits per heavy atom. The van der Waals surface area contributed by atoms with Gasteiger partial charge in [0.25, 0.3) is 5.92 Å². The summed E-state index contributed by atoms with van der Waals surface area (Å²) in [6.07, 6.45) is 0. The van der Waals surface area contributed by atoms with E-state index in [-0.39, 0.29) is 11.1 Å². The van der Waals surface area contributed by atoms with Crippen molar-refractivity contribution in [3.63, 3.8) is 0 Å². The van der Waals surface area contributed by atoms with Gasteiger partial charge in [-0.15, -0.1) is 0 Å². The van der Waals surface area contributed by atoms with Crippen molar-refractivity contribution < 1.29 is 13.9 Å². The second-order valence-electron chi connectivity index (χ2n) is 5.28. The van der Waals surface area contributed by atoms with Crippen LogP contribution < -0.4 is 0 Å². The largest absolute Gasteiger partial charge is 0.374 e. The van der Waals surface area contributed by atoms with Crippen LogP contribution in [-0.2, 0) is 5.60 Å². The molecule has 21 heavy (non-hydrogen) atoms. The molecule has 2 rings (SSSR count). The van der Waals surface area contributed by atoms with Crippen LogP contribution >= 0.6 is 15.9 Å². The van der Waals surface area contributed by atoms with E-state index in [0.29, 0.717) is 0 Å². The predicted octanol–water partition coefficient (Wildman–Crippen LogP) is 4.57. The minimum Gasteiger partial charge on any atom is -0.374 e. The number of alkyl halides is 3. The summed E-state index contributed by atoms with van der Waals surface area (Å²) >= 11 is 2.82. The van der Waals surface area contributed by atoms with E-state index < -0.39 is 16.9 Å². The van der Waals surface area contributed by atoms with Crippen molar-refractivity contribution in [2.45, 2.75) is 25.4 Å². The molecule has 0 bridgehead atoms. The molecule has 2 aromatic rings. The lowest BCUT2D eigenvalue weighted by molar-refractivity contribution is -0.146. The third kappa shape index (κ3) is 2.87. The van der Waals surface area contributed by atoms with Crippen LogP contribution in [0.15, 0.2) is 48.5 Å². The molecule has 0 atom stereocenters. The van der Waals surface area contributed by atoms with Gasteiger partial charge in [-0.05, 0) is 25.0 Å². The Kier molecular flexibility index (Phi) is 4.49. The first-order valence-corrected chi connectivity index (χ1v) is 7.74. The molecule has 4 heteroatoms. The Hall–Kier alpha value is -1.26. The van der Waals surface area contributed by atoms with Gasteiger partial charge in [-0.25, -0.2) is 8.78 Å².